The van der Waals surface area contributed by atoms with Crippen LogP contribution in [0.2, 0.25) is 0 Å². The van der Waals surface area contributed by atoms with E-state index < -0.39 is 0 Å². The number of benzene rings is 1. The molecule has 0 aliphatic heterocycles. The fourth-order valence-electron chi connectivity index (χ4n) is 1.82. The van der Waals surface area contributed by atoms with Gasteiger partial charge in [-0.25, -0.2) is 0 Å². The van der Waals surface area contributed by atoms with Gasteiger partial charge in [0.05, 0.1) is 16.9 Å². The van der Waals surface area contributed by atoms with E-state index in [0.717, 1.165) is 9.54 Å². The number of ether oxygens (including phenoxy) is 1. The van der Waals surface area contributed by atoms with Gasteiger partial charge in [0.2, 0.25) is 0 Å². The second-order valence-corrected chi connectivity index (χ2v) is 5.97. The van der Waals surface area contributed by atoms with Crippen molar-refractivity contribution in [2.24, 2.45) is 0 Å². The number of hydrogen-bond acceptors (Lipinski definition) is 3. The van der Waals surface area contributed by atoms with Crippen molar-refractivity contribution in [2.45, 2.75) is 6.04 Å². The first-order valence-electron chi connectivity index (χ1n) is 5.29. The number of thiophene rings is 1. The monoisotopic (exact) mass is 311 g/mol. The minimum atomic E-state index is 0.202. The Hall–Kier alpha value is -0.840. The molecule has 0 aliphatic carbocycles. The summed E-state index contributed by atoms with van der Waals surface area (Å²) in [5.74, 6) is 0.886. The Morgan fingerprint density at radius 1 is 1.29 bits per heavy atom. The van der Waals surface area contributed by atoms with Crippen LogP contribution in [0.4, 0.5) is 0 Å². The zero-order valence-electron chi connectivity index (χ0n) is 9.74. The molecule has 1 atom stereocenters. The summed E-state index contributed by atoms with van der Waals surface area (Å²) < 4.78 is 6.40. The summed E-state index contributed by atoms with van der Waals surface area (Å²) in [5, 5.41) is 5.49. The summed E-state index contributed by atoms with van der Waals surface area (Å²) in [4.78, 5) is 0. The molecule has 4 heteroatoms. The lowest BCUT2D eigenvalue weighted by Gasteiger charge is -2.16. The number of methoxy groups -OCH3 is 1. The van der Waals surface area contributed by atoms with Crippen LogP contribution in [-0.2, 0) is 0 Å². The van der Waals surface area contributed by atoms with Crippen LogP contribution < -0.4 is 10.1 Å². The minimum absolute atomic E-state index is 0.202. The van der Waals surface area contributed by atoms with Crippen molar-refractivity contribution in [2.75, 3.05) is 14.2 Å². The van der Waals surface area contributed by atoms with Crippen molar-refractivity contribution in [3.63, 3.8) is 0 Å². The topological polar surface area (TPSA) is 21.3 Å². The summed E-state index contributed by atoms with van der Waals surface area (Å²) in [7, 11) is 3.66. The minimum Gasteiger partial charge on any atom is -0.497 e. The molecule has 2 aromatic rings. The first-order valence-corrected chi connectivity index (χ1v) is 6.97. The molecule has 0 radical (unpaired) electrons. The van der Waals surface area contributed by atoms with Crippen LogP contribution in [0.25, 0.3) is 0 Å². The summed E-state index contributed by atoms with van der Waals surface area (Å²) in [6, 6.07) is 10.5. The molecule has 0 spiro atoms. The fourth-order valence-corrected chi connectivity index (χ4v) is 3.02. The van der Waals surface area contributed by atoms with Crippen molar-refractivity contribution in [3.05, 3.63) is 50.6 Å². The van der Waals surface area contributed by atoms with Crippen LogP contribution in [0.1, 0.15) is 17.2 Å². The Bertz CT molecular complexity index is 498. The molecular weight excluding hydrogens is 298 g/mol. The molecular formula is C13H14BrNOS. The van der Waals surface area contributed by atoms with E-state index in [1.54, 1.807) is 18.4 Å². The molecule has 1 aromatic heterocycles. The molecule has 0 bridgehead atoms. The second kappa shape index (κ2) is 5.67. The molecule has 1 aromatic carbocycles. The van der Waals surface area contributed by atoms with Gasteiger partial charge in [-0.3, -0.25) is 0 Å². The summed E-state index contributed by atoms with van der Waals surface area (Å²) in [6.07, 6.45) is 0. The third kappa shape index (κ3) is 2.89. The lowest BCUT2D eigenvalue weighted by atomic mass is 10.0. The molecule has 17 heavy (non-hydrogen) atoms. The average Bonchev–Trinajstić information content (AvgIpc) is 2.77. The Labute approximate surface area is 114 Å². The van der Waals surface area contributed by atoms with Gasteiger partial charge in [0.1, 0.15) is 5.75 Å². The van der Waals surface area contributed by atoms with Gasteiger partial charge in [-0.2, -0.15) is 0 Å². The molecule has 2 rings (SSSR count). The maximum Gasteiger partial charge on any atom is 0.119 e. The van der Waals surface area contributed by atoms with Crippen LogP contribution in [0.15, 0.2) is 39.5 Å². The molecule has 1 N–H and O–H groups in total. The quantitative estimate of drug-likeness (QED) is 0.926. The highest BCUT2D eigenvalue weighted by Crippen LogP contribution is 2.30. The summed E-state index contributed by atoms with van der Waals surface area (Å²) in [5.41, 5.74) is 2.47. The zero-order valence-corrected chi connectivity index (χ0v) is 12.1. The molecule has 0 saturated carbocycles. The molecule has 90 valence electrons. The van der Waals surface area contributed by atoms with Gasteiger partial charge in [0.15, 0.2) is 0 Å². The van der Waals surface area contributed by atoms with E-state index in [0.29, 0.717) is 0 Å². The van der Waals surface area contributed by atoms with Crippen molar-refractivity contribution < 1.29 is 4.74 Å². The highest BCUT2D eigenvalue weighted by atomic mass is 79.9. The molecule has 0 amide bonds. The Morgan fingerprint density at radius 2 is 2.12 bits per heavy atom. The molecule has 0 saturated heterocycles. The van der Waals surface area contributed by atoms with E-state index in [9.17, 15) is 0 Å². The Balaban J connectivity index is 2.34. The van der Waals surface area contributed by atoms with Gasteiger partial charge in [-0.05, 0) is 57.7 Å². The SMILES string of the molecule is CNC(c1cccc(OC)c1)c1csc(Br)c1. The van der Waals surface area contributed by atoms with Gasteiger partial charge in [0, 0.05) is 0 Å². The predicted molar refractivity (Wildman–Crippen MR) is 75.9 cm³/mol. The third-order valence-corrected chi connectivity index (χ3v) is 4.16. The Kier molecular flexibility index (Phi) is 4.20. The van der Waals surface area contributed by atoms with Crippen LogP contribution >= 0.6 is 27.3 Å². The molecule has 1 heterocycles. The number of halogens is 1. The third-order valence-electron chi connectivity index (χ3n) is 2.64. The van der Waals surface area contributed by atoms with E-state index >= 15 is 0 Å². The van der Waals surface area contributed by atoms with Gasteiger partial charge >= 0.3 is 0 Å². The zero-order chi connectivity index (χ0) is 12.3. The lowest BCUT2D eigenvalue weighted by Crippen LogP contribution is -2.16. The van der Waals surface area contributed by atoms with Gasteiger partial charge in [0.25, 0.3) is 0 Å². The van der Waals surface area contributed by atoms with Crippen molar-refractivity contribution in [1.82, 2.24) is 5.32 Å². The largest absolute Gasteiger partial charge is 0.497 e. The van der Waals surface area contributed by atoms with E-state index in [1.165, 1.54) is 11.1 Å². The Morgan fingerprint density at radius 3 is 2.71 bits per heavy atom. The first-order chi connectivity index (χ1) is 8.24. The van der Waals surface area contributed by atoms with Crippen LogP contribution in [0, 0.1) is 0 Å². The highest BCUT2D eigenvalue weighted by Gasteiger charge is 2.13. The van der Waals surface area contributed by atoms with Crippen LogP contribution in [-0.4, -0.2) is 14.2 Å². The van der Waals surface area contributed by atoms with Crippen LogP contribution in [0.3, 0.4) is 0 Å². The maximum absolute atomic E-state index is 5.26. The number of rotatable bonds is 4. The molecule has 1 unspecified atom stereocenters. The van der Waals surface area contributed by atoms with Gasteiger partial charge in [-0.1, -0.05) is 12.1 Å². The van der Waals surface area contributed by atoms with Gasteiger partial charge in [-0.15, -0.1) is 11.3 Å². The standard InChI is InChI=1S/C13H14BrNOS/c1-15-13(10-7-12(14)17-8-10)9-4-3-5-11(6-9)16-2/h3-8,13,15H,1-2H3. The normalized spacial score (nSPS) is 12.4. The van der Waals surface area contributed by atoms with Crippen molar-refractivity contribution >= 4 is 27.3 Å². The van der Waals surface area contributed by atoms with E-state index in [4.69, 9.17) is 4.74 Å². The van der Waals surface area contributed by atoms with E-state index in [1.807, 2.05) is 19.2 Å². The van der Waals surface area contributed by atoms with E-state index in [-0.39, 0.29) is 6.04 Å². The fraction of sp³-hybridized carbons (Fsp3) is 0.231. The predicted octanol–water partition coefficient (Wildman–Crippen LogP) is 3.83. The average molecular weight is 312 g/mol. The lowest BCUT2D eigenvalue weighted by molar-refractivity contribution is 0.414. The maximum atomic E-state index is 5.26. The number of nitrogens with one attached hydrogen (secondary N) is 1. The molecule has 0 fully saturated rings. The first kappa shape index (κ1) is 12.6. The second-order valence-electron chi connectivity index (χ2n) is 3.68. The van der Waals surface area contributed by atoms with Crippen LogP contribution in [0.5, 0.6) is 5.75 Å². The smallest absolute Gasteiger partial charge is 0.119 e. The highest BCUT2D eigenvalue weighted by molar-refractivity contribution is 9.11. The molecule has 2 nitrogen and oxygen atoms in total. The summed E-state index contributed by atoms with van der Waals surface area (Å²) in [6.45, 7) is 0. The van der Waals surface area contributed by atoms with Crippen molar-refractivity contribution in [1.29, 1.82) is 0 Å². The summed E-state index contributed by atoms with van der Waals surface area (Å²) >= 11 is 5.19. The van der Waals surface area contributed by atoms with E-state index in [2.05, 4.69) is 44.8 Å². The van der Waals surface area contributed by atoms with Gasteiger partial charge < -0.3 is 10.1 Å². The van der Waals surface area contributed by atoms with Crippen molar-refractivity contribution in [3.8, 4) is 5.75 Å². The number of hydrogen-bond donors (Lipinski definition) is 1. The molecule has 0 aliphatic rings.